The maximum absolute atomic E-state index is 12.6. The zero-order chi connectivity index (χ0) is 21.1. The van der Waals surface area contributed by atoms with Crippen molar-refractivity contribution in [3.05, 3.63) is 33.9 Å². The summed E-state index contributed by atoms with van der Waals surface area (Å²) in [6, 6.07) is 3.05. The van der Waals surface area contributed by atoms with E-state index in [0.717, 1.165) is 6.07 Å². The van der Waals surface area contributed by atoms with E-state index in [4.69, 9.17) is 19.4 Å². The molecule has 3 N–H and O–H groups in total. The lowest BCUT2D eigenvalue weighted by Gasteiger charge is -2.22. The van der Waals surface area contributed by atoms with Gasteiger partial charge in [-0.05, 0) is 19.4 Å². The molecule has 1 aromatic rings. The van der Waals surface area contributed by atoms with Gasteiger partial charge in [0.25, 0.3) is 11.6 Å². The SMILES string of the molecule is CCOCOCC(CC(C)C(=O)NO)NC(=O)c1ccc([N+](=O)[O-])cc1OC. The third-order valence-corrected chi connectivity index (χ3v) is 3.86. The van der Waals surface area contributed by atoms with E-state index in [-0.39, 0.29) is 36.8 Å². The van der Waals surface area contributed by atoms with E-state index in [1.54, 1.807) is 19.3 Å². The summed E-state index contributed by atoms with van der Waals surface area (Å²) < 4.78 is 15.5. The molecule has 2 atom stereocenters. The van der Waals surface area contributed by atoms with Gasteiger partial charge >= 0.3 is 0 Å². The van der Waals surface area contributed by atoms with Crippen LogP contribution in [0.4, 0.5) is 5.69 Å². The van der Waals surface area contributed by atoms with Crippen molar-refractivity contribution in [3.63, 3.8) is 0 Å². The second-order valence-electron chi connectivity index (χ2n) is 5.91. The molecule has 11 nitrogen and oxygen atoms in total. The Kier molecular flexibility index (Phi) is 9.85. The minimum atomic E-state index is -0.607. The Bertz CT molecular complexity index is 682. The Balaban J connectivity index is 2.91. The second-order valence-corrected chi connectivity index (χ2v) is 5.91. The minimum absolute atomic E-state index is 0.0182. The van der Waals surface area contributed by atoms with Gasteiger partial charge in [-0.15, -0.1) is 0 Å². The lowest BCUT2D eigenvalue weighted by molar-refractivity contribution is -0.384. The molecular weight excluding hydrogens is 374 g/mol. The van der Waals surface area contributed by atoms with Gasteiger partial charge < -0.3 is 19.5 Å². The lowest BCUT2D eigenvalue weighted by Crippen LogP contribution is -2.41. The van der Waals surface area contributed by atoms with Crippen molar-refractivity contribution < 1.29 is 33.9 Å². The number of nitrogens with one attached hydrogen (secondary N) is 2. The molecule has 0 radical (unpaired) electrons. The van der Waals surface area contributed by atoms with Crippen LogP contribution in [-0.4, -0.2) is 55.1 Å². The molecule has 156 valence electrons. The number of hydrogen-bond acceptors (Lipinski definition) is 8. The Morgan fingerprint density at radius 2 is 2.04 bits per heavy atom. The van der Waals surface area contributed by atoms with Crippen LogP contribution in [0.3, 0.4) is 0 Å². The third-order valence-electron chi connectivity index (χ3n) is 3.86. The number of benzene rings is 1. The first kappa shape index (κ1) is 23.3. The number of rotatable bonds is 12. The van der Waals surface area contributed by atoms with Crippen molar-refractivity contribution in [2.24, 2.45) is 5.92 Å². The van der Waals surface area contributed by atoms with Gasteiger partial charge in [0.1, 0.15) is 12.5 Å². The Hall–Kier alpha value is -2.76. The number of hydrogen-bond donors (Lipinski definition) is 3. The van der Waals surface area contributed by atoms with Crippen molar-refractivity contribution in [2.75, 3.05) is 27.1 Å². The van der Waals surface area contributed by atoms with Gasteiger partial charge in [-0.3, -0.25) is 24.9 Å². The molecule has 0 heterocycles. The molecule has 0 fully saturated rings. The molecule has 0 bridgehead atoms. The van der Waals surface area contributed by atoms with Gasteiger partial charge in [0, 0.05) is 18.6 Å². The van der Waals surface area contributed by atoms with Crippen LogP contribution in [0, 0.1) is 16.0 Å². The van der Waals surface area contributed by atoms with Gasteiger partial charge in [-0.2, -0.15) is 0 Å². The topological polar surface area (TPSA) is 149 Å². The van der Waals surface area contributed by atoms with Gasteiger partial charge in [-0.1, -0.05) is 6.92 Å². The highest BCUT2D eigenvalue weighted by Gasteiger charge is 2.23. The number of nitro groups is 1. The molecule has 0 aliphatic heterocycles. The Morgan fingerprint density at radius 1 is 1.32 bits per heavy atom. The summed E-state index contributed by atoms with van der Waals surface area (Å²) in [6.07, 6.45) is 0.180. The summed E-state index contributed by atoms with van der Waals surface area (Å²) >= 11 is 0. The van der Waals surface area contributed by atoms with Crippen LogP contribution in [0.1, 0.15) is 30.6 Å². The summed E-state index contributed by atoms with van der Waals surface area (Å²) in [5.74, 6) is -1.71. The van der Waals surface area contributed by atoms with Crippen molar-refractivity contribution in [2.45, 2.75) is 26.3 Å². The van der Waals surface area contributed by atoms with E-state index in [1.165, 1.54) is 19.2 Å². The van der Waals surface area contributed by atoms with Crippen molar-refractivity contribution in [1.82, 2.24) is 10.8 Å². The molecule has 11 heteroatoms. The van der Waals surface area contributed by atoms with Crippen molar-refractivity contribution in [1.29, 1.82) is 0 Å². The van der Waals surface area contributed by atoms with Crippen LogP contribution in [0.15, 0.2) is 18.2 Å². The van der Waals surface area contributed by atoms with Gasteiger partial charge in [-0.25, -0.2) is 5.48 Å². The molecule has 0 saturated heterocycles. The predicted octanol–water partition coefficient (Wildman–Crippen LogP) is 1.24. The summed E-state index contributed by atoms with van der Waals surface area (Å²) in [6.45, 7) is 3.92. The lowest BCUT2D eigenvalue weighted by atomic mass is 10.0. The molecule has 2 unspecified atom stereocenters. The van der Waals surface area contributed by atoms with E-state index in [9.17, 15) is 19.7 Å². The summed E-state index contributed by atoms with van der Waals surface area (Å²) in [5, 5.41) is 22.3. The molecule has 0 aromatic heterocycles. The molecule has 1 aromatic carbocycles. The van der Waals surface area contributed by atoms with E-state index in [2.05, 4.69) is 5.32 Å². The first-order chi connectivity index (χ1) is 13.3. The predicted molar refractivity (Wildman–Crippen MR) is 97.1 cm³/mol. The summed E-state index contributed by atoms with van der Waals surface area (Å²) in [7, 11) is 1.30. The second kappa shape index (κ2) is 11.8. The van der Waals surface area contributed by atoms with E-state index in [1.807, 2.05) is 0 Å². The summed E-state index contributed by atoms with van der Waals surface area (Å²) in [4.78, 5) is 34.5. The molecule has 28 heavy (non-hydrogen) atoms. The van der Waals surface area contributed by atoms with Crippen molar-refractivity contribution >= 4 is 17.5 Å². The fraction of sp³-hybridized carbons (Fsp3) is 0.529. The standard InChI is InChI=1S/C17H25N3O8/c1-4-27-10-28-9-12(7-11(2)16(21)19-23)18-17(22)14-6-5-13(20(24)25)8-15(14)26-3/h5-6,8,11-12,23H,4,7,9-10H2,1-3H3,(H,18,22)(H,19,21). The molecule has 0 spiro atoms. The quantitative estimate of drug-likeness (QED) is 0.156. The molecule has 0 aliphatic carbocycles. The van der Waals surface area contributed by atoms with E-state index < -0.39 is 28.7 Å². The maximum atomic E-state index is 12.6. The average Bonchev–Trinajstić information content (AvgIpc) is 2.69. The number of ether oxygens (including phenoxy) is 3. The minimum Gasteiger partial charge on any atom is -0.496 e. The summed E-state index contributed by atoms with van der Waals surface area (Å²) in [5.41, 5.74) is 1.45. The third kappa shape index (κ3) is 7.10. The van der Waals surface area contributed by atoms with Gasteiger partial charge in [0.15, 0.2) is 0 Å². The van der Waals surface area contributed by atoms with Crippen LogP contribution in [-0.2, 0) is 14.3 Å². The number of carbonyl (C=O) groups is 2. The van der Waals surface area contributed by atoms with Crippen LogP contribution in [0.2, 0.25) is 0 Å². The Morgan fingerprint density at radius 3 is 2.61 bits per heavy atom. The first-order valence-corrected chi connectivity index (χ1v) is 8.56. The Labute approximate surface area is 162 Å². The highest BCUT2D eigenvalue weighted by atomic mass is 16.7. The average molecular weight is 399 g/mol. The van der Waals surface area contributed by atoms with E-state index in [0.29, 0.717) is 6.61 Å². The highest BCUT2D eigenvalue weighted by molar-refractivity contribution is 5.97. The van der Waals surface area contributed by atoms with Crippen LogP contribution < -0.4 is 15.5 Å². The number of methoxy groups -OCH3 is 1. The highest BCUT2D eigenvalue weighted by Crippen LogP contribution is 2.24. The molecule has 0 aliphatic rings. The number of non-ortho nitro benzene ring substituents is 1. The zero-order valence-electron chi connectivity index (χ0n) is 16.0. The smallest absolute Gasteiger partial charge is 0.273 e. The molecule has 2 amide bonds. The first-order valence-electron chi connectivity index (χ1n) is 8.56. The number of nitro benzene ring substituents is 1. The fourth-order valence-electron chi connectivity index (χ4n) is 2.39. The van der Waals surface area contributed by atoms with Crippen LogP contribution in [0.25, 0.3) is 0 Å². The van der Waals surface area contributed by atoms with Gasteiger partial charge in [0.05, 0.1) is 36.3 Å². The number of nitrogens with zero attached hydrogens (tertiary/aromatic N) is 1. The van der Waals surface area contributed by atoms with Crippen LogP contribution >= 0.6 is 0 Å². The normalized spacial score (nSPS) is 12.7. The molecular formula is C17H25N3O8. The largest absolute Gasteiger partial charge is 0.496 e. The van der Waals surface area contributed by atoms with Crippen molar-refractivity contribution in [3.8, 4) is 5.75 Å². The maximum Gasteiger partial charge on any atom is 0.273 e. The molecule has 0 saturated carbocycles. The monoisotopic (exact) mass is 399 g/mol. The van der Waals surface area contributed by atoms with Gasteiger partial charge in [0.2, 0.25) is 5.91 Å². The molecule has 1 rings (SSSR count). The van der Waals surface area contributed by atoms with Crippen LogP contribution in [0.5, 0.6) is 5.75 Å². The fourth-order valence-corrected chi connectivity index (χ4v) is 2.39. The zero-order valence-corrected chi connectivity index (χ0v) is 16.0. The number of amides is 2. The number of hydroxylamine groups is 1. The number of carbonyl (C=O) groups excluding carboxylic acids is 2. The van der Waals surface area contributed by atoms with E-state index >= 15 is 0 Å².